The summed E-state index contributed by atoms with van der Waals surface area (Å²) < 4.78 is 10.1. The maximum atomic E-state index is 9.00. The van der Waals surface area contributed by atoms with E-state index < -0.39 is 0 Å². The summed E-state index contributed by atoms with van der Waals surface area (Å²) in [4.78, 5) is 4.27. The number of aryl methyl sites for hydroxylation is 1. The summed E-state index contributed by atoms with van der Waals surface area (Å²) in [6.07, 6.45) is 0.319. The fourth-order valence-electron chi connectivity index (χ4n) is 1.49. The molecular weight excluding hydrogens is 264 g/mol. The van der Waals surface area contributed by atoms with E-state index in [1.165, 1.54) is 0 Å². The van der Waals surface area contributed by atoms with E-state index in [4.69, 9.17) is 14.3 Å². The molecule has 2 rings (SSSR count). The molecule has 0 atom stereocenters. The highest BCUT2D eigenvalue weighted by Gasteiger charge is 2.16. The minimum absolute atomic E-state index is 0.319. The summed E-state index contributed by atoms with van der Waals surface area (Å²) in [5, 5.41) is 17.2. The molecule has 0 amide bonds. The summed E-state index contributed by atoms with van der Waals surface area (Å²) in [6, 6.07) is 2.06. The zero-order valence-electron chi connectivity index (χ0n) is 11.0. The third kappa shape index (κ3) is 3.35. The molecule has 0 spiro atoms. The lowest BCUT2D eigenvalue weighted by Crippen LogP contribution is -1.94. The topological polar surface area (TPSA) is 88.7 Å². The molecule has 0 N–H and O–H groups in total. The van der Waals surface area contributed by atoms with Crippen LogP contribution in [0.5, 0.6) is 0 Å². The molecule has 0 aliphatic heterocycles. The van der Waals surface area contributed by atoms with Crippen LogP contribution in [0.1, 0.15) is 42.6 Å². The highest BCUT2D eigenvalue weighted by Crippen LogP contribution is 2.18. The van der Waals surface area contributed by atoms with Gasteiger partial charge in [0.1, 0.15) is 17.3 Å². The standard InChI is InChI=1S/C12H14N4O2S/c1-7(2)19-6-11-14-12(18-16-11)4-10-9(5-13)8(3)17-15-10/h7H,4,6H2,1-3H3. The van der Waals surface area contributed by atoms with Crippen LogP contribution in [-0.4, -0.2) is 20.5 Å². The second-order valence-electron chi connectivity index (χ2n) is 4.31. The van der Waals surface area contributed by atoms with Crippen LogP contribution in [0.2, 0.25) is 0 Å². The number of rotatable bonds is 5. The van der Waals surface area contributed by atoms with E-state index in [0.717, 1.165) is 0 Å². The van der Waals surface area contributed by atoms with Gasteiger partial charge in [0.15, 0.2) is 11.6 Å². The summed E-state index contributed by atoms with van der Waals surface area (Å²) >= 11 is 1.74. The van der Waals surface area contributed by atoms with Crippen LogP contribution < -0.4 is 0 Å². The van der Waals surface area contributed by atoms with Gasteiger partial charge >= 0.3 is 0 Å². The molecule has 0 aromatic carbocycles. The van der Waals surface area contributed by atoms with Crippen LogP contribution in [0.3, 0.4) is 0 Å². The first-order valence-corrected chi connectivity index (χ1v) is 6.93. The van der Waals surface area contributed by atoms with Gasteiger partial charge in [-0.1, -0.05) is 24.2 Å². The van der Waals surface area contributed by atoms with Gasteiger partial charge in [-0.05, 0) is 12.2 Å². The monoisotopic (exact) mass is 278 g/mol. The molecule has 0 saturated heterocycles. The fourth-order valence-corrected chi connectivity index (χ4v) is 2.09. The fraction of sp³-hybridized carbons (Fsp3) is 0.500. The Bertz CT molecular complexity index is 597. The lowest BCUT2D eigenvalue weighted by atomic mass is 10.2. The molecule has 0 unspecified atom stereocenters. The predicted molar refractivity (Wildman–Crippen MR) is 69.5 cm³/mol. The van der Waals surface area contributed by atoms with Crippen molar-refractivity contribution in [2.24, 2.45) is 0 Å². The Hall–Kier alpha value is -1.81. The first-order chi connectivity index (χ1) is 9.10. The minimum Gasteiger partial charge on any atom is -0.360 e. The normalized spacial score (nSPS) is 10.9. The van der Waals surface area contributed by atoms with Gasteiger partial charge in [0.25, 0.3) is 0 Å². The largest absolute Gasteiger partial charge is 0.360 e. The number of aromatic nitrogens is 3. The molecule has 0 bridgehead atoms. The second kappa shape index (κ2) is 5.89. The van der Waals surface area contributed by atoms with Gasteiger partial charge in [0, 0.05) is 0 Å². The Balaban J connectivity index is 2.06. The molecule has 6 nitrogen and oxygen atoms in total. The van der Waals surface area contributed by atoms with Gasteiger partial charge in [-0.3, -0.25) is 0 Å². The van der Waals surface area contributed by atoms with Crippen molar-refractivity contribution in [2.45, 2.75) is 38.2 Å². The van der Waals surface area contributed by atoms with Gasteiger partial charge in [-0.15, -0.1) is 0 Å². The smallest absolute Gasteiger partial charge is 0.232 e. The SMILES string of the molecule is Cc1onc(Cc2nc(CSC(C)C)no2)c1C#N. The summed E-state index contributed by atoms with van der Waals surface area (Å²) in [7, 11) is 0. The van der Waals surface area contributed by atoms with Crippen molar-refractivity contribution in [3.63, 3.8) is 0 Å². The van der Waals surface area contributed by atoms with Crippen LogP contribution in [0, 0.1) is 18.3 Å². The van der Waals surface area contributed by atoms with E-state index >= 15 is 0 Å². The van der Waals surface area contributed by atoms with Crippen molar-refractivity contribution in [1.29, 1.82) is 5.26 Å². The van der Waals surface area contributed by atoms with E-state index in [2.05, 4.69) is 35.2 Å². The maximum absolute atomic E-state index is 9.00. The van der Waals surface area contributed by atoms with Gasteiger partial charge in [0.2, 0.25) is 5.89 Å². The Morgan fingerprint density at radius 1 is 1.32 bits per heavy atom. The van der Waals surface area contributed by atoms with Crippen LogP contribution in [-0.2, 0) is 12.2 Å². The molecule has 0 aliphatic carbocycles. The van der Waals surface area contributed by atoms with Gasteiger partial charge in [-0.2, -0.15) is 22.0 Å². The van der Waals surface area contributed by atoms with E-state index in [-0.39, 0.29) is 0 Å². The van der Waals surface area contributed by atoms with Gasteiger partial charge in [-0.25, -0.2) is 0 Å². The average Bonchev–Trinajstić information content (AvgIpc) is 2.95. The first kappa shape index (κ1) is 13.6. The molecule has 0 radical (unpaired) electrons. The molecule has 7 heteroatoms. The minimum atomic E-state index is 0.319. The van der Waals surface area contributed by atoms with Crippen molar-refractivity contribution >= 4 is 11.8 Å². The van der Waals surface area contributed by atoms with Crippen molar-refractivity contribution in [3.05, 3.63) is 28.7 Å². The van der Waals surface area contributed by atoms with Crippen LogP contribution >= 0.6 is 11.8 Å². The summed E-state index contributed by atoms with van der Waals surface area (Å²) in [5.41, 5.74) is 0.975. The molecule has 0 aliphatic rings. The predicted octanol–water partition coefficient (Wildman–Crippen LogP) is 2.47. The molecule has 2 heterocycles. The number of hydrogen-bond acceptors (Lipinski definition) is 7. The molecular formula is C12H14N4O2S. The Morgan fingerprint density at radius 2 is 2.11 bits per heavy atom. The van der Waals surface area contributed by atoms with Crippen molar-refractivity contribution in [2.75, 3.05) is 0 Å². The molecule has 0 saturated carbocycles. The zero-order chi connectivity index (χ0) is 13.8. The Labute approximate surface area is 115 Å². The van der Waals surface area contributed by atoms with Gasteiger partial charge in [0.05, 0.1) is 12.2 Å². The van der Waals surface area contributed by atoms with E-state index in [1.54, 1.807) is 18.7 Å². The molecule has 2 aromatic heterocycles. The van der Waals surface area contributed by atoms with E-state index in [1.807, 2.05) is 0 Å². The van der Waals surface area contributed by atoms with E-state index in [0.29, 0.717) is 46.2 Å². The van der Waals surface area contributed by atoms with Crippen molar-refractivity contribution in [3.8, 4) is 6.07 Å². The third-order valence-corrected chi connectivity index (χ3v) is 3.51. The number of nitrogens with zero attached hydrogens (tertiary/aromatic N) is 4. The number of thioether (sulfide) groups is 1. The lowest BCUT2D eigenvalue weighted by molar-refractivity contribution is 0.369. The van der Waals surface area contributed by atoms with Crippen LogP contribution in [0.4, 0.5) is 0 Å². The summed E-state index contributed by atoms with van der Waals surface area (Å²) in [6.45, 7) is 5.93. The maximum Gasteiger partial charge on any atom is 0.232 e. The number of hydrogen-bond donors (Lipinski definition) is 0. The Morgan fingerprint density at radius 3 is 2.79 bits per heavy atom. The summed E-state index contributed by atoms with van der Waals surface area (Å²) in [5.74, 6) is 2.33. The first-order valence-electron chi connectivity index (χ1n) is 5.88. The second-order valence-corrected chi connectivity index (χ2v) is 5.88. The molecule has 2 aromatic rings. The van der Waals surface area contributed by atoms with Gasteiger partial charge < -0.3 is 9.05 Å². The molecule has 0 fully saturated rings. The highest BCUT2D eigenvalue weighted by molar-refractivity contribution is 7.99. The van der Waals surface area contributed by atoms with Crippen molar-refractivity contribution < 1.29 is 9.05 Å². The highest BCUT2D eigenvalue weighted by atomic mass is 32.2. The Kier molecular flexibility index (Phi) is 4.22. The van der Waals surface area contributed by atoms with Crippen molar-refractivity contribution in [1.82, 2.24) is 15.3 Å². The lowest BCUT2D eigenvalue weighted by Gasteiger charge is -1.98. The quantitative estimate of drug-likeness (QED) is 0.829. The third-order valence-electron chi connectivity index (χ3n) is 2.42. The average molecular weight is 278 g/mol. The molecule has 19 heavy (non-hydrogen) atoms. The van der Waals surface area contributed by atoms with Crippen LogP contribution in [0.25, 0.3) is 0 Å². The zero-order valence-corrected chi connectivity index (χ0v) is 11.8. The number of nitriles is 1. The molecule has 100 valence electrons. The van der Waals surface area contributed by atoms with E-state index in [9.17, 15) is 0 Å². The van der Waals surface area contributed by atoms with Crippen LogP contribution in [0.15, 0.2) is 9.05 Å².